The molecular formula is C21H24BrFN2O2S. The Bertz CT molecular complexity index is 801. The zero-order valence-electron chi connectivity index (χ0n) is 16.0. The number of benzene rings is 2. The minimum atomic E-state index is -0.680. The number of carbonyl (C=O) groups is 2. The van der Waals surface area contributed by atoms with E-state index in [2.05, 4.69) is 21.2 Å². The summed E-state index contributed by atoms with van der Waals surface area (Å²) in [5, 5.41) is 2.73. The molecule has 0 bridgehead atoms. The molecule has 0 aromatic heterocycles. The molecule has 7 heteroatoms. The maximum atomic E-state index is 14.1. The highest BCUT2D eigenvalue weighted by atomic mass is 79.9. The topological polar surface area (TPSA) is 49.4 Å². The Morgan fingerprint density at radius 1 is 1.18 bits per heavy atom. The van der Waals surface area contributed by atoms with Gasteiger partial charge in [-0.05, 0) is 37.6 Å². The Morgan fingerprint density at radius 3 is 2.50 bits per heavy atom. The van der Waals surface area contributed by atoms with Gasteiger partial charge < -0.3 is 10.2 Å². The van der Waals surface area contributed by atoms with Crippen molar-refractivity contribution >= 4 is 39.5 Å². The molecule has 0 heterocycles. The summed E-state index contributed by atoms with van der Waals surface area (Å²) in [5.74, 6) is 0.0798. The highest BCUT2D eigenvalue weighted by Crippen LogP contribution is 2.18. The minimum absolute atomic E-state index is 0.0582. The largest absolute Gasteiger partial charge is 0.355 e. The number of nitrogens with one attached hydrogen (secondary N) is 1. The van der Waals surface area contributed by atoms with Crippen molar-refractivity contribution in [1.82, 2.24) is 10.2 Å². The van der Waals surface area contributed by atoms with Crippen LogP contribution in [0.1, 0.15) is 25.0 Å². The molecule has 2 amide bonds. The molecule has 0 aliphatic carbocycles. The average Bonchev–Trinajstić information content (AvgIpc) is 2.68. The molecule has 0 aliphatic heterocycles. The highest BCUT2D eigenvalue weighted by molar-refractivity contribution is 9.10. The van der Waals surface area contributed by atoms with Gasteiger partial charge in [0.05, 0.1) is 5.75 Å². The lowest BCUT2D eigenvalue weighted by Gasteiger charge is -2.28. The van der Waals surface area contributed by atoms with E-state index in [1.165, 1.54) is 22.7 Å². The van der Waals surface area contributed by atoms with Crippen LogP contribution in [0.25, 0.3) is 0 Å². The first kappa shape index (κ1) is 22.4. The fourth-order valence-corrected chi connectivity index (χ4v) is 3.77. The van der Waals surface area contributed by atoms with Gasteiger partial charge in [-0.3, -0.25) is 9.59 Å². The molecule has 28 heavy (non-hydrogen) atoms. The SMILES string of the molecule is CCNC(=O)[C@@H](C)N(Cc1ccccc1F)C(=O)CSCc1ccc(Br)cc1. The van der Waals surface area contributed by atoms with Gasteiger partial charge in [0.2, 0.25) is 11.8 Å². The van der Waals surface area contributed by atoms with Gasteiger partial charge in [-0.25, -0.2) is 4.39 Å². The molecule has 2 aromatic rings. The van der Waals surface area contributed by atoms with E-state index < -0.39 is 6.04 Å². The van der Waals surface area contributed by atoms with Crippen molar-refractivity contribution in [1.29, 1.82) is 0 Å². The summed E-state index contributed by atoms with van der Waals surface area (Å²) in [6, 6.07) is 13.5. The smallest absolute Gasteiger partial charge is 0.242 e. The molecule has 0 radical (unpaired) electrons. The van der Waals surface area contributed by atoms with Gasteiger partial charge in [-0.1, -0.05) is 46.3 Å². The summed E-state index contributed by atoms with van der Waals surface area (Å²) >= 11 is 4.87. The van der Waals surface area contributed by atoms with Crippen LogP contribution in [0.4, 0.5) is 4.39 Å². The van der Waals surface area contributed by atoms with E-state index in [1.807, 2.05) is 31.2 Å². The molecule has 1 N–H and O–H groups in total. The number of hydrogen-bond donors (Lipinski definition) is 1. The van der Waals surface area contributed by atoms with Gasteiger partial charge in [0.25, 0.3) is 0 Å². The van der Waals surface area contributed by atoms with Crippen molar-refractivity contribution in [2.24, 2.45) is 0 Å². The standard InChI is InChI=1S/C21H24BrFN2O2S/c1-3-24-21(27)15(2)25(12-17-6-4-5-7-19(17)23)20(26)14-28-13-16-8-10-18(22)11-9-16/h4-11,15H,3,12-14H2,1-2H3,(H,24,27)/t15-/m1/s1. The van der Waals surface area contributed by atoms with Gasteiger partial charge in [0.1, 0.15) is 11.9 Å². The van der Waals surface area contributed by atoms with E-state index in [-0.39, 0.29) is 29.9 Å². The maximum absolute atomic E-state index is 14.1. The lowest BCUT2D eigenvalue weighted by atomic mass is 10.1. The lowest BCUT2D eigenvalue weighted by molar-refractivity contribution is -0.138. The summed E-state index contributed by atoms with van der Waals surface area (Å²) in [6.07, 6.45) is 0. The predicted molar refractivity (Wildman–Crippen MR) is 115 cm³/mol. The molecule has 150 valence electrons. The van der Waals surface area contributed by atoms with Gasteiger partial charge in [0.15, 0.2) is 0 Å². The second-order valence-corrected chi connectivity index (χ2v) is 8.20. The van der Waals surface area contributed by atoms with Crippen molar-refractivity contribution in [3.05, 3.63) is 69.9 Å². The molecule has 0 saturated carbocycles. The van der Waals surface area contributed by atoms with Crippen molar-refractivity contribution in [3.63, 3.8) is 0 Å². The number of amides is 2. The number of halogens is 2. The van der Waals surface area contributed by atoms with Crippen LogP contribution in [-0.2, 0) is 21.9 Å². The number of likely N-dealkylation sites (N-methyl/N-ethyl adjacent to an activating group) is 1. The second-order valence-electron chi connectivity index (χ2n) is 6.30. The van der Waals surface area contributed by atoms with Crippen molar-refractivity contribution < 1.29 is 14.0 Å². The Balaban J connectivity index is 2.06. The number of nitrogens with zero attached hydrogens (tertiary/aromatic N) is 1. The molecule has 0 fully saturated rings. The molecule has 0 saturated heterocycles. The summed E-state index contributed by atoms with van der Waals surface area (Å²) in [4.78, 5) is 26.6. The van der Waals surface area contributed by atoms with Crippen LogP contribution >= 0.6 is 27.7 Å². The Morgan fingerprint density at radius 2 is 1.86 bits per heavy atom. The maximum Gasteiger partial charge on any atom is 0.242 e. The van der Waals surface area contributed by atoms with E-state index in [9.17, 15) is 14.0 Å². The van der Waals surface area contributed by atoms with Crippen LogP contribution in [0.2, 0.25) is 0 Å². The number of rotatable bonds is 9. The third kappa shape index (κ3) is 6.63. The molecule has 0 unspecified atom stereocenters. The van der Waals surface area contributed by atoms with Gasteiger partial charge in [-0.15, -0.1) is 11.8 Å². The fraction of sp³-hybridized carbons (Fsp3) is 0.333. The quantitative estimate of drug-likeness (QED) is 0.596. The fourth-order valence-electron chi connectivity index (χ4n) is 2.63. The Hall–Kier alpha value is -1.86. The molecular weight excluding hydrogens is 443 g/mol. The van der Waals surface area contributed by atoms with E-state index in [4.69, 9.17) is 0 Å². The Labute approximate surface area is 178 Å². The van der Waals surface area contributed by atoms with Crippen LogP contribution in [0.15, 0.2) is 53.0 Å². The van der Waals surface area contributed by atoms with E-state index in [1.54, 1.807) is 25.1 Å². The van der Waals surface area contributed by atoms with Crippen molar-refractivity contribution in [2.75, 3.05) is 12.3 Å². The van der Waals surface area contributed by atoms with Gasteiger partial charge in [0, 0.05) is 28.9 Å². The first-order valence-electron chi connectivity index (χ1n) is 9.05. The summed E-state index contributed by atoms with van der Waals surface area (Å²) < 4.78 is 15.1. The van der Waals surface area contributed by atoms with Gasteiger partial charge in [-0.2, -0.15) is 0 Å². The first-order valence-corrected chi connectivity index (χ1v) is 11.0. The summed E-state index contributed by atoms with van der Waals surface area (Å²) in [5.41, 5.74) is 1.50. The molecule has 2 rings (SSSR count). The first-order chi connectivity index (χ1) is 13.4. The number of thioether (sulfide) groups is 1. The van der Waals surface area contributed by atoms with Crippen LogP contribution in [-0.4, -0.2) is 35.1 Å². The van der Waals surface area contributed by atoms with Crippen LogP contribution in [0.3, 0.4) is 0 Å². The number of hydrogen-bond acceptors (Lipinski definition) is 3. The predicted octanol–water partition coefficient (Wildman–Crippen LogP) is 4.37. The zero-order chi connectivity index (χ0) is 20.5. The molecule has 0 spiro atoms. The third-order valence-electron chi connectivity index (χ3n) is 4.22. The monoisotopic (exact) mass is 466 g/mol. The van der Waals surface area contributed by atoms with Crippen LogP contribution < -0.4 is 5.32 Å². The molecule has 4 nitrogen and oxygen atoms in total. The molecule has 0 aliphatic rings. The van der Waals surface area contributed by atoms with E-state index >= 15 is 0 Å². The zero-order valence-corrected chi connectivity index (χ0v) is 18.4. The van der Waals surface area contributed by atoms with Crippen LogP contribution in [0, 0.1) is 5.82 Å². The van der Waals surface area contributed by atoms with E-state index in [0.717, 1.165) is 10.0 Å². The summed E-state index contributed by atoms with van der Waals surface area (Å²) in [6.45, 7) is 4.02. The van der Waals surface area contributed by atoms with Crippen molar-refractivity contribution in [3.8, 4) is 0 Å². The number of carbonyl (C=O) groups excluding carboxylic acids is 2. The highest BCUT2D eigenvalue weighted by Gasteiger charge is 2.26. The third-order valence-corrected chi connectivity index (χ3v) is 5.74. The lowest BCUT2D eigenvalue weighted by Crippen LogP contribution is -2.48. The second kappa shape index (κ2) is 11.2. The molecule has 1 atom stereocenters. The van der Waals surface area contributed by atoms with Gasteiger partial charge >= 0.3 is 0 Å². The van der Waals surface area contributed by atoms with Crippen molar-refractivity contribution in [2.45, 2.75) is 32.2 Å². The minimum Gasteiger partial charge on any atom is -0.355 e. The average molecular weight is 467 g/mol. The normalized spacial score (nSPS) is 11.7. The van der Waals surface area contributed by atoms with Crippen LogP contribution in [0.5, 0.6) is 0 Å². The van der Waals surface area contributed by atoms with E-state index in [0.29, 0.717) is 17.9 Å². The molecule has 2 aromatic carbocycles. The summed E-state index contributed by atoms with van der Waals surface area (Å²) in [7, 11) is 0. The Kier molecular flexibility index (Phi) is 8.99.